The Hall–Kier alpha value is -3.42. The number of hydrogen-bond acceptors (Lipinski definition) is 5. The molecule has 0 radical (unpaired) electrons. The monoisotopic (exact) mass is 360 g/mol. The van der Waals surface area contributed by atoms with Crippen molar-refractivity contribution >= 4 is 17.6 Å². The van der Waals surface area contributed by atoms with Crippen LogP contribution in [0.15, 0.2) is 47.6 Å². The van der Waals surface area contributed by atoms with Gasteiger partial charge in [-0.1, -0.05) is 12.1 Å². The first kappa shape index (κ1) is 18.9. The van der Waals surface area contributed by atoms with Crippen molar-refractivity contribution < 1.29 is 28.6 Å². The summed E-state index contributed by atoms with van der Waals surface area (Å²) in [5.74, 6) is -1.83. The van der Waals surface area contributed by atoms with Crippen LogP contribution in [0.4, 0.5) is 4.39 Å². The summed E-state index contributed by atoms with van der Waals surface area (Å²) in [6.45, 7) is 1.15. The minimum Gasteiger partial charge on any atom is -0.493 e. The SMILES string of the molecule is COc1cc(/C(C)=N\NC(=O)c2ccccc2F)ccc1OCC(=O)O. The van der Waals surface area contributed by atoms with E-state index in [2.05, 4.69) is 10.5 Å². The molecule has 136 valence electrons. The molecule has 0 aromatic heterocycles. The molecule has 0 atom stereocenters. The highest BCUT2D eigenvalue weighted by atomic mass is 19.1. The van der Waals surface area contributed by atoms with Crippen LogP contribution >= 0.6 is 0 Å². The van der Waals surface area contributed by atoms with Crippen LogP contribution in [0, 0.1) is 5.82 Å². The smallest absolute Gasteiger partial charge is 0.341 e. The van der Waals surface area contributed by atoms with Crippen LogP contribution in [0.1, 0.15) is 22.8 Å². The topological polar surface area (TPSA) is 97.2 Å². The number of nitrogens with one attached hydrogen (secondary N) is 1. The molecule has 0 saturated carbocycles. The lowest BCUT2D eigenvalue weighted by molar-refractivity contribution is -0.139. The second-order valence-electron chi connectivity index (χ2n) is 5.17. The summed E-state index contributed by atoms with van der Waals surface area (Å²) in [4.78, 5) is 22.6. The lowest BCUT2D eigenvalue weighted by Crippen LogP contribution is -2.20. The van der Waals surface area contributed by atoms with Crippen molar-refractivity contribution in [3.8, 4) is 11.5 Å². The zero-order chi connectivity index (χ0) is 19.1. The van der Waals surface area contributed by atoms with E-state index >= 15 is 0 Å². The molecular weight excluding hydrogens is 343 g/mol. The van der Waals surface area contributed by atoms with E-state index < -0.39 is 24.3 Å². The normalized spacial score (nSPS) is 11.0. The van der Waals surface area contributed by atoms with Gasteiger partial charge in [-0.15, -0.1) is 0 Å². The fourth-order valence-electron chi connectivity index (χ4n) is 2.06. The van der Waals surface area contributed by atoms with Gasteiger partial charge in [-0.2, -0.15) is 5.10 Å². The second-order valence-corrected chi connectivity index (χ2v) is 5.17. The maximum absolute atomic E-state index is 13.6. The Balaban J connectivity index is 2.14. The highest BCUT2D eigenvalue weighted by Gasteiger charge is 2.12. The van der Waals surface area contributed by atoms with Crippen molar-refractivity contribution in [3.05, 3.63) is 59.4 Å². The first-order chi connectivity index (χ1) is 12.4. The third-order valence-electron chi connectivity index (χ3n) is 3.38. The van der Waals surface area contributed by atoms with Gasteiger partial charge >= 0.3 is 5.97 Å². The number of hydrogen-bond donors (Lipinski definition) is 2. The molecule has 0 aliphatic heterocycles. The number of carboxylic acid groups (broad SMARTS) is 1. The van der Waals surface area contributed by atoms with Crippen molar-refractivity contribution in [2.24, 2.45) is 5.10 Å². The van der Waals surface area contributed by atoms with E-state index in [0.717, 1.165) is 0 Å². The van der Waals surface area contributed by atoms with E-state index in [9.17, 15) is 14.0 Å². The van der Waals surface area contributed by atoms with Gasteiger partial charge in [0.2, 0.25) is 0 Å². The van der Waals surface area contributed by atoms with Crippen molar-refractivity contribution in [1.82, 2.24) is 5.43 Å². The molecular formula is C18H17FN2O5. The molecule has 0 spiro atoms. The number of carbonyl (C=O) groups excluding carboxylic acids is 1. The third-order valence-corrected chi connectivity index (χ3v) is 3.38. The first-order valence-electron chi connectivity index (χ1n) is 7.54. The largest absolute Gasteiger partial charge is 0.493 e. The molecule has 2 rings (SSSR count). The van der Waals surface area contributed by atoms with Crippen LogP contribution in [-0.4, -0.2) is 36.4 Å². The van der Waals surface area contributed by atoms with Crippen molar-refractivity contribution in [1.29, 1.82) is 0 Å². The Morgan fingerprint density at radius 3 is 2.58 bits per heavy atom. The summed E-state index contributed by atoms with van der Waals surface area (Å²) in [6, 6.07) is 10.3. The number of rotatable bonds is 7. The van der Waals surface area contributed by atoms with Crippen molar-refractivity contribution in [3.63, 3.8) is 0 Å². The summed E-state index contributed by atoms with van der Waals surface area (Å²) in [6.07, 6.45) is 0. The summed E-state index contributed by atoms with van der Waals surface area (Å²) in [5.41, 5.74) is 3.23. The number of carboxylic acids is 1. The first-order valence-corrected chi connectivity index (χ1v) is 7.54. The summed E-state index contributed by atoms with van der Waals surface area (Å²) in [5, 5.41) is 12.6. The van der Waals surface area contributed by atoms with E-state index in [4.69, 9.17) is 14.6 Å². The Morgan fingerprint density at radius 2 is 1.92 bits per heavy atom. The summed E-state index contributed by atoms with van der Waals surface area (Å²) >= 11 is 0. The molecule has 0 aliphatic rings. The number of hydrazone groups is 1. The van der Waals surface area contributed by atoms with Gasteiger partial charge in [0.1, 0.15) is 5.82 Å². The molecule has 2 N–H and O–H groups in total. The van der Waals surface area contributed by atoms with Gasteiger partial charge in [0, 0.05) is 5.56 Å². The van der Waals surface area contributed by atoms with E-state index in [-0.39, 0.29) is 11.3 Å². The molecule has 0 saturated heterocycles. The predicted molar refractivity (Wildman–Crippen MR) is 92.2 cm³/mol. The molecule has 0 unspecified atom stereocenters. The Morgan fingerprint density at radius 1 is 1.19 bits per heavy atom. The lowest BCUT2D eigenvalue weighted by atomic mass is 10.1. The third kappa shape index (κ3) is 4.79. The van der Waals surface area contributed by atoms with Gasteiger partial charge in [-0.05, 0) is 37.3 Å². The molecule has 0 bridgehead atoms. The second kappa shape index (κ2) is 8.61. The van der Waals surface area contributed by atoms with Gasteiger partial charge in [0.05, 0.1) is 18.4 Å². The Bertz CT molecular complexity index is 851. The van der Waals surface area contributed by atoms with Gasteiger partial charge in [-0.25, -0.2) is 14.6 Å². The van der Waals surface area contributed by atoms with Crippen LogP contribution < -0.4 is 14.9 Å². The summed E-state index contributed by atoms with van der Waals surface area (Å²) < 4.78 is 23.9. The average molecular weight is 360 g/mol. The fourth-order valence-corrected chi connectivity index (χ4v) is 2.06. The van der Waals surface area contributed by atoms with Crippen molar-refractivity contribution in [2.75, 3.05) is 13.7 Å². The van der Waals surface area contributed by atoms with Crippen LogP contribution in [-0.2, 0) is 4.79 Å². The Labute approximate surface area is 149 Å². The molecule has 7 nitrogen and oxygen atoms in total. The minimum absolute atomic E-state index is 0.112. The maximum atomic E-state index is 13.6. The standard InChI is InChI=1S/C18H17FN2O5/c1-11(20-21-18(24)13-5-3-4-6-14(13)19)12-7-8-15(16(9-12)25-2)26-10-17(22)23/h3-9H,10H2,1-2H3,(H,21,24)(H,22,23)/b20-11-. The van der Waals surface area contributed by atoms with Crippen LogP contribution in [0.3, 0.4) is 0 Å². The van der Waals surface area contributed by atoms with E-state index in [1.807, 2.05) is 0 Å². The maximum Gasteiger partial charge on any atom is 0.341 e. The number of amides is 1. The number of aliphatic carboxylic acids is 1. The highest BCUT2D eigenvalue weighted by molar-refractivity contribution is 6.01. The van der Waals surface area contributed by atoms with E-state index in [0.29, 0.717) is 17.0 Å². The molecule has 0 heterocycles. The zero-order valence-electron chi connectivity index (χ0n) is 14.2. The Kier molecular flexibility index (Phi) is 6.26. The van der Waals surface area contributed by atoms with Crippen LogP contribution in [0.25, 0.3) is 0 Å². The molecule has 2 aromatic carbocycles. The van der Waals surface area contributed by atoms with Crippen LogP contribution in [0.5, 0.6) is 11.5 Å². The van der Waals surface area contributed by atoms with Gasteiger partial charge < -0.3 is 14.6 Å². The van der Waals surface area contributed by atoms with Gasteiger partial charge in [0.25, 0.3) is 5.91 Å². The summed E-state index contributed by atoms with van der Waals surface area (Å²) in [7, 11) is 1.42. The minimum atomic E-state index is -1.11. The number of carbonyl (C=O) groups is 2. The highest BCUT2D eigenvalue weighted by Crippen LogP contribution is 2.28. The number of nitrogens with zero attached hydrogens (tertiary/aromatic N) is 1. The molecule has 0 aliphatic carbocycles. The number of halogens is 1. The van der Waals surface area contributed by atoms with Crippen LogP contribution in [0.2, 0.25) is 0 Å². The number of methoxy groups -OCH3 is 1. The van der Waals surface area contributed by atoms with E-state index in [1.165, 1.54) is 31.4 Å². The lowest BCUT2D eigenvalue weighted by Gasteiger charge is -2.11. The molecule has 0 fully saturated rings. The molecule has 26 heavy (non-hydrogen) atoms. The zero-order valence-corrected chi connectivity index (χ0v) is 14.2. The molecule has 1 amide bonds. The fraction of sp³-hybridized carbons (Fsp3) is 0.167. The molecule has 2 aromatic rings. The average Bonchev–Trinajstić information content (AvgIpc) is 2.64. The van der Waals surface area contributed by atoms with Crippen molar-refractivity contribution in [2.45, 2.75) is 6.92 Å². The predicted octanol–water partition coefficient (Wildman–Crippen LogP) is 2.45. The van der Waals surface area contributed by atoms with Gasteiger partial charge in [-0.3, -0.25) is 4.79 Å². The van der Waals surface area contributed by atoms with E-state index in [1.54, 1.807) is 25.1 Å². The number of ether oxygens (including phenoxy) is 2. The molecule has 8 heteroatoms. The quantitative estimate of drug-likeness (QED) is 0.584. The number of benzene rings is 2. The van der Waals surface area contributed by atoms with Gasteiger partial charge in [0.15, 0.2) is 18.1 Å².